The number of nitrogen functional groups attached to an aromatic ring is 1. The second-order valence-corrected chi connectivity index (χ2v) is 5.90. The fourth-order valence-electron chi connectivity index (χ4n) is 1.98. The van der Waals surface area contributed by atoms with Gasteiger partial charge in [-0.3, -0.25) is 9.48 Å². The normalized spacial score (nSPS) is 10.9. The van der Waals surface area contributed by atoms with Crippen LogP contribution in [-0.4, -0.2) is 27.4 Å². The van der Waals surface area contributed by atoms with Crippen LogP contribution in [0.25, 0.3) is 10.1 Å². The minimum atomic E-state index is -0.190. The van der Waals surface area contributed by atoms with Gasteiger partial charge in [0.1, 0.15) is 4.88 Å². The first kappa shape index (κ1) is 13.8. The molecule has 0 aliphatic heterocycles. The topological polar surface area (TPSA) is 85.8 Å². The highest BCUT2D eigenvalue weighted by Crippen LogP contribution is 2.35. The Hall–Kier alpha value is -2.12. The van der Waals surface area contributed by atoms with E-state index in [-0.39, 0.29) is 5.91 Å². The van der Waals surface area contributed by atoms with Crippen LogP contribution in [0.2, 0.25) is 5.02 Å². The van der Waals surface area contributed by atoms with Gasteiger partial charge in [-0.1, -0.05) is 16.8 Å². The zero-order valence-electron chi connectivity index (χ0n) is 10.9. The molecule has 3 rings (SSSR count). The van der Waals surface area contributed by atoms with Crippen LogP contribution in [0.5, 0.6) is 0 Å². The molecule has 2 aromatic heterocycles. The first-order valence-electron chi connectivity index (χ1n) is 6.25. The number of benzene rings is 1. The number of anilines is 1. The number of nitrogens with zero attached hydrogens (tertiary/aromatic N) is 3. The minimum absolute atomic E-state index is 0.190. The summed E-state index contributed by atoms with van der Waals surface area (Å²) >= 11 is 7.29. The van der Waals surface area contributed by atoms with E-state index < -0.39 is 0 Å². The molecule has 0 spiro atoms. The molecule has 8 heteroatoms. The van der Waals surface area contributed by atoms with Crippen molar-refractivity contribution in [1.82, 2.24) is 20.3 Å². The second-order valence-electron chi connectivity index (χ2n) is 4.41. The van der Waals surface area contributed by atoms with Crippen LogP contribution >= 0.6 is 22.9 Å². The number of fused-ring (bicyclic) bond motifs is 1. The van der Waals surface area contributed by atoms with Gasteiger partial charge < -0.3 is 11.1 Å². The van der Waals surface area contributed by atoms with Crippen LogP contribution in [0, 0.1) is 0 Å². The van der Waals surface area contributed by atoms with Gasteiger partial charge in [-0.25, -0.2) is 0 Å². The SMILES string of the molecule is Nc1c(C(=O)NCCn2ccnn2)sc2cc(Cl)ccc12. The lowest BCUT2D eigenvalue weighted by molar-refractivity contribution is 0.0957. The van der Waals surface area contributed by atoms with Gasteiger partial charge in [0.25, 0.3) is 5.91 Å². The molecule has 0 unspecified atom stereocenters. The summed E-state index contributed by atoms with van der Waals surface area (Å²) in [6.07, 6.45) is 3.33. The fraction of sp³-hybridized carbons (Fsp3) is 0.154. The lowest BCUT2D eigenvalue weighted by Crippen LogP contribution is -2.27. The summed E-state index contributed by atoms with van der Waals surface area (Å²) in [7, 11) is 0. The van der Waals surface area contributed by atoms with Gasteiger partial charge >= 0.3 is 0 Å². The van der Waals surface area contributed by atoms with Crippen molar-refractivity contribution in [2.45, 2.75) is 6.54 Å². The number of halogens is 1. The number of thiophene rings is 1. The minimum Gasteiger partial charge on any atom is -0.397 e. The standard InChI is InChI=1S/C13H12ClN5OS/c14-8-1-2-9-10(7-8)21-12(11(9)15)13(20)16-3-5-19-6-4-17-18-19/h1-2,4,6-7H,3,5,15H2,(H,16,20). The Balaban J connectivity index is 1.73. The first-order chi connectivity index (χ1) is 10.1. The molecule has 108 valence electrons. The fourth-order valence-corrected chi connectivity index (χ4v) is 3.29. The summed E-state index contributed by atoms with van der Waals surface area (Å²) in [6.45, 7) is 1.01. The Morgan fingerprint density at radius 3 is 3.10 bits per heavy atom. The third-order valence-electron chi connectivity index (χ3n) is 3.00. The van der Waals surface area contributed by atoms with E-state index in [0.717, 1.165) is 10.1 Å². The van der Waals surface area contributed by atoms with Crippen LogP contribution in [-0.2, 0) is 6.54 Å². The molecule has 6 nitrogen and oxygen atoms in total. The smallest absolute Gasteiger partial charge is 0.263 e. The summed E-state index contributed by atoms with van der Waals surface area (Å²) in [6, 6.07) is 5.40. The molecule has 2 heterocycles. The quantitative estimate of drug-likeness (QED) is 0.771. The zero-order chi connectivity index (χ0) is 14.8. The van der Waals surface area contributed by atoms with Crippen LogP contribution in [0.3, 0.4) is 0 Å². The van der Waals surface area contributed by atoms with E-state index >= 15 is 0 Å². The molecule has 0 aliphatic rings. The van der Waals surface area contributed by atoms with Gasteiger partial charge in [0.05, 0.1) is 18.4 Å². The van der Waals surface area contributed by atoms with E-state index in [4.69, 9.17) is 17.3 Å². The predicted molar refractivity (Wildman–Crippen MR) is 83.6 cm³/mol. The molecule has 1 amide bonds. The summed E-state index contributed by atoms with van der Waals surface area (Å²) in [5, 5.41) is 11.8. The van der Waals surface area contributed by atoms with Crippen LogP contribution in [0.15, 0.2) is 30.6 Å². The molecule has 0 radical (unpaired) electrons. The van der Waals surface area contributed by atoms with E-state index in [1.807, 2.05) is 12.1 Å². The van der Waals surface area contributed by atoms with E-state index in [9.17, 15) is 4.79 Å². The summed E-state index contributed by atoms with van der Waals surface area (Å²) in [5.41, 5.74) is 6.53. The van der Waals surface area contributed by atoms with Gasteiger partial charge in [0.15, 0.2) is 0 Å². The molecule has 0 atom stereocenters. The average Bonchev–Trinajstić information content (AvgIpc) is 3.07. The predicted octanol–water partition coefficient (Wildman–Crippen LogP) is 2.16. The first-order valence-corrected chi connectivity index (χ1v) is 7.44. The van der Waals surface area contributed by atoms with Gasteiger partial charge in [0.2, 0.25) is 0 Å². The number of hydrogen-bond acceptors (Lipinski definition) is 5. The van der Waals surface area contributed by atoms with E-state index in [1.165, 1.54) is 11.3 Å². The Morgan fingerprint density at radius 2 is 2.33 bits per heavy atom. The largest absolute Gasteiger partial charge is 0.397 e. The average molecular weight is 322 g/mol. The number of carbonyl (C=O) groups is 1. The van der Waals surface area contributed by atoms with Gasteiger partial charge in [-0.15, -0.1) is 16.4 Å². The summed E-state index contributed by atoms with van der Waals surface area (Å²) in [5.74, 6) is -0.190. The number of hydrogen-bond donors (Lipinski definition) is 2. The molecule has 0 saturated carbocycles. The van der Waals surface area contributed by atoms with Crippen molar-refractivity contribution in [2.24, 2.45) is 0 Å². The molecular weight excluding hydrogens is 310 g/mol. The van der Waals surface area contributed by atoms with Crippen LogP contribution in [0.4, 0.5) is 5.69 Å². The highest BCUT2D eigenvalue weighted by atomic mass is 35.5. The molecule has 0 aliphatic carbocycles. The Kier molecular flexibility index (Phi) is 3.76. The molecule has 3 aromatic rings. The van der Waals surface area contributed by atoms with E-state index in [1.54, 1.807) is 23.1 Å². The number of aromatic nitrogens is 3. The van der Waals surface area contributed by atoms with Gasteiger partial charge in [-0.2, -0.15) is 0 Å². The van der Waals surface area contributed by atoms with Crippen molar-refractivity contribution in [3.05, 3.63) is 40.5 Å². The number of nitrogens with two attached hydrogens (primary N) is 1. The van der Waals surface area contributed by atoms with Crippen molar-refractivity contribution in [3.8, 4) is 0 Å². The van der Waals surface area contributed by atoms with Crippen LogP contribution < -0.4 is 11.1 Å². The van der Waals surface area contributed by atoms with E-state index in [2.05, 4.69) is 15.6 Å². The molecule has 0 bridgehead atoms. The van der Waals surface area contributed by atoms with Crippen molar-refractivity contribution >= 4 is 44.6 Å². The van der Waals surface area contributed by atoms with E-state index in [0.29, 0.717) is 28.7 Å². The van der Waals surface area contributed by atoms with Gasteiger partial charge in [0, 0.05) is 27.9 Å². The highest BCUT2D eigenvalue weighted by molar-refractivity contribution is 7.21. The third-order valence-corrected chi connectivity index (χ3v) is 4.40. The van der Waals surface area contributed by atoms with Crippen molar-refractivity contribution in [3.63, 3.8) is 0 Å². The maximum absolute atomic E-state index is 12.2. The van der Waals surface area contributed by atoms with Crippen molar-refractivity contribution in [2.75, 3.05) is 12.3 Å². The maximum atomic E-state index is 12.2. The summed E-state index contributed by atoms with van der Waals surface area (Å²) in [4.78, 5) is 12.7. The molecule has 21 heavy (non-hydrogen) atoms. The number of amides is 1. The third kappa shape index (κ3) is 2.84. The highest BCUT2D eigenvalue weighted by Gasteiger charge is 2.16. The second kappa shape index (κ2) is 5.71. The summed E-state index contributed by atoms with van der Waals surface area (Å²) < 4.78 is 2.55. The monoisotopic (exact) mass is 321 g/mol. The van der Waals surface area contributed by atoms with Crippen LogP contribution in [0.1, 0.15) is 9.67 Å². The number of nitrogens with one attached hydrogen (secondary N) is 1. The molecule has 0 saturated heterocycles. The lowest BCUT2D eigenvalue weighted by Gasteiger charge is -2.04. The van der Waals surface area contributed by atoms with Crippen molar-refractivity contribution in [1.29, 1.82) is 0 Å². The zero-order valence-corrected chi connectivity index (χ0v) is 12.5. The molecule has 3 N–H and O–H groups in total. The Labute approximate surface area is 129 Å². The lowest BCUT2D eigenvalue weighted by atomic mass is 10.2. The number of carbonyl (C=O) groups excluding carboxylic acids is 1. The Morgan fingerprint density at radius 1 is 1.48 bits per heavy atom. The molecule has 0 fully saturated rings. The molecule has 1 aromatic carbocycles. The maximum Gasteiger partial charge on any atom is 0.263 e. The Bertz CT molecular complexity index is 783. The number of rotatable bonds is 4. The van der Waals surface area contributed by atoms with Gasteiger partial charge in [-0.05, 0) is 18.2 Å². The van der Waals surface area contributed by atoms with Crippen molar-refractivity contribution < 1.29 is 4.79 Å². The molecular formula is C13H12ClN5OS.